The van der Waals surface area contributed by atoms with Crippen LogP contribution in [0.25, 0.3) is 0 Å². The Balaban J connectivity index is 3.13. The first-order valence-corrected chi connectivity index (χ1v) is 5.39. The van der Waals surface area contributed by atoms with Crippen LogP contribution in [0.3, 0.4) is 0 Å². The smallest absolute Gasteiger partial charge is 0.257 e. The second kappa shape index (κ2) is 5.37. The summed E-state index contributed by atoms with van der Waals surface area (Å²) in [6.07, 6.45) is 0. The largest absolute Gasteiger partial charge is 0.349 e. The molecule has 0 radical (unpaired) electrons. The molecule has 0 heterocycles. The van der Waals surface area contributed by atoms with Crippen LogP contribution in [0.4, 0.5) is 17.6 Å². The fraction of sp³-hybridized carbons (Fsp3) is 0.417. The third-order valence-electron chi connectivity index (χ3n) is 2.70. The molecule has 0 aliphatic rings. The first-order valence-electron chi connectivity index (χ1n) is 5.39. The second-order valence-electron chi connectivity index (χ2n) is 4.35. The van der Waals surface area contributed by atoms with E-state index in [1.54, 1.807) is 20.8 Å². The summed E-state index contributed by atoms with van der Waals surface area (Å²) in [6, 6.07) is -0.324. The quantitative estimate of drug-likeness (QED) is 0.659. The summed E-state index contributed by atoms with van der Waals surface area (Å²) in [4.78, 5) is 11.6. The fourth-order valence-corrected chi connectivity index (χ4v) is 1.22. The predicted octanol–water partition coefficient (Wildman–Crippen LogP) is 3.02. The van der Waals surface area contributed by atoms with Gasteiger partial charge in [0.25, 0.3) is 5.91 Å². The Kier molecular flexibility index (Phi) is 4.32. The molecule has 0 fully saturated rings. The normalized spacial score (nSPS) is 12.7. The van der Waals surface area contributed by atoms with E-state index < -0.39 is 34.7 Å². The summed E-state index contributed by atoms with van der Waals surface area (Å²) in [5, 5.41) is 2.28. The van der Waals surface area contributed by atoms with Crippen LogP contribution in [0.2, 0.25) is 0 Å². The number of carbonyl (C=O) groups is 1. The van der Waals surface area contributed by atoms with Gasteiger partial charge in [-0.1, -0.05) is 13.8 Å². The van der Waals surface area contributed by atoms with Crippen LogP contribution in [0, 0.1) is 29.2 Å². The molecular formula is C12H13F4NO. The summed E-state index contributed by atoms with van der Waals surface area (Å²) in [7, 11) is 0. The van der Waals surface area contributed by atoms with Crippen LogP contribution in [0.1, 0.15) is 31.1 Å². The Hall–Kier alpha value is -1.59. The van der Waals surface area contributed by atoms with Crippen LogP contribution in [0.15, 0.2) is 6.07 Å². The lowest BCUT2D eigenvalue weighted by Gasteiger charge is -2.18. The number of amides is 1. The van der Waals surface area contributed by atoms with Crippen molar-refractivity contribution in [1.82, 2.24) is 5.32 Å². The highest BCUT2D eigenvalue weighted by molar-refractivity contribution is 5.95. The van der Waals surface area contributed by atoms with Gasteiger partial charge in [-0.3, -0.25) is 4.79 Å². The van der Waals surface area contributed by atoms with Crippen LogP contribution in [0.5, 0.6) is 0 Å². The van der Waals surface area contributed by atoms with E-state index in [1.165, 1.54) is 0 Å². The molecule has 1 atom stereocenters. The summed E-state index contributed by atoms with van der Waals surface area (Å²) in [5.74, 6) is -7.75. The van der Waals surface area contributed by atoms with E-state index in [2.05, 4.69) is 5.32 Å². The minimum absolute atomic E-state index is 0.0125. The van der Waals surface area contributed by atoms with Gasteiger partial charge in [0.15, 0.2) is 23.3 Å². The van der Waals surface area contributed by atoms with Crippen LogP contribution in [-0.2, 0) is 0 Å². The first kappa shape index (κ1) is 14.5. The molecule has 0 saturated carbocycles. The van der Waals surface area contributed by atoms with E-state index in [1.807, 2.05) is 0 Å². The molecule has 1 rings (SSSR count). The van der Waals surface area contributed by atoms with Gasteiger partial charge in [0, 0.05) is 12.1 Å². The average Bonchev–Trinajstić information content (AvgIpc) is 2.26. The van der Waals surface area contributed by atoms with Crippen molar-refractivity contribution in [3.05, 3.63) is 34.9 Å². The Morgan fingerprint density at radius 3 is 1.89 bits per heavy atom. The van der Waals surface area contributed by atoms with Gasteiger partial charge in [-0.15, -0.1) is 0 Å². The zero-order valence-electron chi connectivity index (χ0n) is 10.2. The van der Waals surface area contributed by atoms with E-state index in [9.17, 15) is 22.4 Å². The molecule has 1 aromatic rings. The molecule has 0 spiro atoms. The second-order valence-corrected chi connectivity index (χ2v) is 4.35. The maximum absolute atomic E-state index is 13.3. The maximum atomic E-state index is 13.3. The van der Waals surface area contributed by atoms with E-state index >= 15 is 0 Å². The van der Waals surface area contributed by atoms with E-state index in [4.69, 9.17) is 0 Å². The highest BCUT2D eigenvalue weighted by Crippen LogP contribution is 2.19. The highest BCUT2D eigenvalue weighted by Gasteiger charge is 2.25. The number of rotatable bonds is 3. The molecule has 2 nitrogen and oxygen atoms in total. The lowest BCUT2D eigenvalue weighted by molar-refractivity contribution is 0.0919. The number of nitrogens with one attached hydrogen (secondary N) is 1. The van der Waals surface area contributed by atoms with Gasteiger partial charge in [-0.2, -0.15) is 0 Å². The van der Waals surface area contributed by atoms with Crippen LogP contribution >= 0.6 is 0 Å². The van der Waals surface area contributed by atoms with Crippen molar-refractivity contribution in [2.24, 2.45) is 5.92 Å². The number of halogens is 4. The van der Waals surface area contributed by atoms with Crippen molar-refractivity contribution < 1.29 is 22.4 Å². The van der Waals surface area contributed by atoms with Crippen molar-refractivity contribution in [1.29, 1.82) is 0 Å². The fourth-order valence-electron chi connectivity index (χ4n) is 1.22. The maximum Gasteiger partial charge on any atom is 0.257 e. The Labute approximate surface area is 102 Å². The number of hydrogen-bond acceptors (Lipinski definition) is 1. The topological polar surface area (TPSA) is 29.1 Å². The summed E-state index contributed by atoms with van der Waals surface area (Å²) >= 11 is 0. The predicted molar refractivity (Wildman–Crippen MR) is 58.0 cm³/mol. The Morgan fingerprint density at radius 2 is 1.50 bits per heavy atom. The molecule has 1 aromatic carbocycles. The zero-order valence-corrected chi connectivity index (χ0v) is 10.2. The van der Waals surface area contributed by atoms with Crippen LogP contribution < -0.4 is 5.32 Å². The zero-order chi connectivity index (χ0) is 14.0. The molecule has 18 heavy (non-hydrogen) atoms. The molecule has 6 heteroatoms. The lowest BCUT2D eigenvalue weighted by Crippen LogP contribution is -2.37. The molecule has 0 aliphatic heterocycles. The molecular weight excluding hydrogens is 250 g/mol. The Morgan fingerprint density at radius 1 is 1.06 bits per heavy atom. The lowest BCUT2D eigenvalue weighted by atomic mass is 10.1. The van der Waals surface area contributed by atoms with Gasteiger partial charge < -0.3 is 5.32 Å². The molecule has 0 unspecified atom stereocenters. The summed E-state index contributed by atoms with van der Waals surface area (Å²) in [5.41, 5.74) is -1.24. The highest BCUT2D eigenvalue weighted by atomic mass is 19.2. The third-order valence-corrected chi connectivity index (χ3v) is 2.70. The van der Waals surface area contributed by atoms with Gasteiger partial charge in [-0.05, 0) is 12.8 Å². The number of carbonyl (C=O) groups excluding carboxylic acids is 1. The molecule has 0 aliphatic carbocycles. The van der Waals surface area contributed by atoms with E-state index in [-0.39, 0.29) is 18.0 Å². The molecule has 0 aromatic heterocycles. The third kappa shape index (κ3) is 2.80. The standard InChI is InChI=1S/C12H13F4NO/c1-5(2)6(3)17-12(18)9-10(15)7(13)4-8(14)11(9)16/h4-6H,1-3H3,(H,17,18)/t6-/m0/s1. The van der Waals surface area contributed by atoms with E-state index in [0.29, 0.717) is 0 Å². The van der Waals surface area contributed by atoms with Crippen molar-refractivity contribution in [3.63, 3.8) is 0 Å². The molecule has 0 bridgehead atoms. The van der Waals surface area contributed by atoms with Gasteiger partial charge in [0.05, 0.1) is 0 Å². The van der Waals surface area contributed by atoms with E-state index in [0.717, 1.165) is 0 Å². The molecule has 1 N–H and O–H groups in total. The summed E-state index contributed by atoms with van der Waals surface area (Å²) in [6.45, 7) is 5.18. The number of benzene rings is 1. The van der Waals surface area contributed by atoms with Crippen molar-refractivity contribution in [3.8, 4) is 0 Å². The SMILES string of the molecule is CC(C)[C@H](C)NC(=O)c1c(F)c(F)cc(F)c1F. The number of hydrogen-bond donors (Lipinski definition) is 1. The minimum Gasteiger partial charge on any atom is -0.349 e. The van der Waals surface area contributed by atoms with Crippen molar-refractivity contribution in [2.45, 2.75) is 26.8 Å². The van der Waals surface area contributed by atoms with Gasteiger partial charge in [0.1, 0.15) is 5.56 Å². The van der Waals surface area contributed by atoms with Gasteiger partial charge >= 0.3 is 0 Å². The van der Waals surface area contributed by atoms with Gasteiger partial charge in [-0.25, -0.2) is 17.6 Å². The monoisotopic (exact) mass is 263 g/mol. The molecule has 100 valence electrons. The Bertz CT molecular complexity index is 447. The first-order chi connectivity index (χ1) is 8.25. The van der Waals surface area contributed by atoms with Crippen molar-refractivity contribution >= 4 is 5.91 Å². The average molecular weight is 263 g/mol. The van der Waals surface area contributed by atoms with Crippen LogP contribution in [-0.4, -0.2) is 11.9 Å². The minimum atomic E-state index is -1.69. The molecule has 0 saturated heterocycles. The molecule has 1 amide bonds. The summed E-state index contributed by atoms with van der Waals surface area (Å²) < 4.78 is 52.4. The van der Waals surface area contributed by atoms with Gasteiger partial charge in [0.2, 0.25) is 0 Å². The van der Waals surface area contributed by atoms with Crippen molar-refractivity contribution in [2.75, 3.05) is 0 Å².